The highest BCUT2D eigenvalue weighted by Gasteiger charge is 2.38. The van der Waals surface area contributed by atoms with Crippen molar-refractivity contribution in [1.82, 2.24) is 9.88 Å². The highest BCUT2D eigenvalue weighted by Crippen LogP contribution is 2.34. The minimum absolute atomic E-state index is 0.0126. The summed E-state index contributed by atoms with van der Waals surface area (Å²) in [7, 11) is 1.81. The molecule has 1 aliphatic heterocycles. The highest BCUT2D eigenvalue weighted by molar-refractivity contribution is 5.78. The van der Waals surface area contributed by atoms with Crippen molar-refractivity contribution in [1.29, 1.82) is 0 Å². The van der Waals surface area contributed by atoms with Gasteiger partial charge in [0.15, 0.2) is 0 Å². The number of rotatable bonds is 4. The van der Waals surface area contributed by atoms with Gasteiger partial charge < -0.3 is 14.5 Å². The molecule has 1 saturated heterocycles. The Balaban J connectivity index is 1.59. The summed E-state index contributed by atoms with van der Waals surface area (Å²) in [5, 5.41) is 1.08. The van der Waals surface area contributed by atoms with Gasteiger partial charge in [-0.2, -0.15) is 0 Å². The predicted molar refractivity (Wildman–Crippen MR) is 97.7 cm³/mol. The van der Waals surface area contributed by atoms with Crippen molar-refractivity contribution in [3.8, 4) is 0 Å². The molecule has 1 aromatic heterocycles. The topological polar surface area (TPSA) is 54.6 Å². The van der Waals surface area contributed by atoms with E-state index in [0.29, 0.717) is 24.6 Å². The molecule has 5 heteroatoms. The molecule has 5 nitrogen and oxygen atoms in total. The Morgan fingerprint density at radius 2 is 2.20 bits per heavy atom. The number of aromatic amines is 1. The maximum absolute atomic E-state index is 12.5. The molecule has 4 rings (SSSR count). The molecule has 2 aromatic rings. The molecule has 134 valence electrons. The molecule has 1 saturated carbocycles. The summed E-state index contributed by atoms with van der Waals surface area (Å²) in [6, 6.07) is 10.3. The average molecular weight is 342 g/mol. The summed E-state index contributed by atoms with van der Waals surface area (Å²) in [4.78, 5) is 18.0. The summed E-state index contributed by atoms with van der Waals surface area (Å²) < 4.78 is 11.5. The lowest BCUT2D eigenvalue weighted by Crippen LogP contribution is -2.51. The fourth-order valence-electron chi connectivity index (χ4n) is 4.46. The minimum Gasteiger partial charge on any atom is -0.381 e. The standard InChI is InChI=1S/C20H26N2O3/c1-24-19-8-4-6-16(19)18-13-25-10-9-22(18)12-15-11-14-5-2-3-7-17(14)21-20(15)23/h2-3,5,7,11,16,18-19H,4,6,8-10,12-13H2,1H3,(H,21,23). The van der Waals surface area contributed by atoms with E-state index in [0.717, 1.165) is 42.6 Å². The molecule has 25 heavy (non-hydrogen) atoms. The van der Waals surface area contributed by atoms with Crippen molar-refractivity contribution in [3.05, 3.63) is 46.2 Å². The first-order valence-corrected chi connectivity index (χ1v) is 9.22. The molecule has 3 atom stereocenters. The van der Waals surface area contributed by atoms with Crippen LogP contribution in [-0.4, -0.2) is 48.9 Å². The molecule has 1 aromatic carbocycles. The lowest BCUT2D eigenvalue weighted by atomic mass is 9.93. The zero-order valence-corrected chi connectivity index (χ0v) is 14.7. The van der Waals surface area contributed by atoms with Crippen LogP contribution in [0.3, 0.4) is 0 Å². The van der Waals surface area contributed by atoms with E-state index in [2.05, 4.69) is 9.88 Å². The summed E-state index contributed by atoms with van der Waals surface area (Å²) in [5.41, 5.74) is 1.74. The number of ether oxygens (including phenoxy) is 2. The van der Waals surface area contributed by atoms with Gasteiger partial charge in [-0.1, -0.05) is 24.6 Å². The number of hydrogen-bond donors (Lipinski definition) is 1. The second-order valence-corrected chi connectivity index (χ2v) is 7.19. The van der Waals surface area contributed by atoms with Gasteiger partial charge in [0.2, 0.25) is 0 Å². The van der Waals surface area contributed by atoms with Gasteiger partial charge in [-0.15, -0.1) is 0 Å². The largest absolute Gasteiger partial charge is 0.381 e. The van der Waals surface area contributed by atoms with Gasteiger partial charge in [-0.05, 0) is 30.4 Å². The third-order valence-electron chi connectivity index (χ3n) is 5.78. The van der Waals surface area contributed by atoms with Crippen LogP contribution in [0.1, 0.15) is 24.8 Å². The number of aromatic nitrogens is 1. The van der Waals surface area contributed by atoms with Crippen LogP contribution in [0.4, 0.5) is 0 Å². The molecular formula is C20H26N2O3. The smallest absolute Gasteiger partial charge is 0.252 e. The van der Waals surface area contributed by atoms with Gasteiger partial charge in [-0.3, -0.25) is 9.69 Å². The summed E-state index contributed by atoms with van der Waals surface area (Å²) in [6.07, 6.45) is 3.83. The molecule has 0 radical (unpaired) electrons. The van der Waals surface area contributed by atoms with Gasteiger partial charge in [0.25, 0.3) is 5.56 Å². The maximum Gasteiger partial charge on any atom is 0.252 e. The van der Waals surface area contributed by atoms with E-state index in [1.807, 2.05) is 37.4 Å². The second kappa shape index (κ2) is 7.28. The van der Waals surface area contributed by atoms with Crippen LogP contribution in [0.2, 0.25) is 0 Å². The molecule has 2 heterocycles. The van der Waals surface area contributed by atoms with Crippen molar-refractivity contribution < 1.29 is 9.47 Å². The number of hydrogen-bond acceptors (Lipinski definition) is 4. The second-order valence-electron chi connectivity index (χ2n) is 7.19. The van der Waals surface area contributed by atoms with Gasteiger partial charge in [0.05, 0.1) is 19.3 Å². The molecule has 0 bridgehead atoms. The fraction of sp³-hybridized carbons (Fsp3) is 0.550. The lowest BCUT2D eigenvalue weighted by molar-refractivity contribution is -0.0609. The Kier molecular flexibility index (Phi) is 4.88. The van der Waals surface area contributed by atoms with Crippen LogP contribution in [0, 0.1) is 5.92 Å². The quantitative estimate of drug-likeness (QED) is 0.928. The van der Waals surface area contributed by atoms with Crippen LogP contribution in [-0.2, 0) is 16.0 Å². The van der Waals surface area contributed by atoms with Crippen molar-refractivity contribution >= 4 is 10.9 Å². The molecule has 3 unspecified atom stereocenters. The SMILES string of the molecule is COC1CCCC1C1COCCN1Cc1cc2ccccc2[nH]c1=O. The normalized spacial score (nSPS) is 27.8. The van der Waals surface area contributed by atoms with E-state index in [4.69, 9.17) is 9.47 Å². The van der Waals surface area contributed by atoms with E-state index in [9.17, 15) is 4.79 Å². The summed E-state index contributed by atoms with van der Waals surface area (Å²) in [6.45, 7) is 2.99. The van der Waals surface area contributed by atoms with Crippen molar-refractivity contribution in [2.75, 3.05) is 26.9 Å². The Morgan fingerprint density at radius 3 is 3.08 bits per heavy atom. The fourth-order valence-corrected chi connectivity index (χ4v) is 4.46. The Morgan fingerprint density at radius 1 is 1.32 bits per heavy atom. The average Bonchev–Trinajstić information content (AvgIpc) is 3.11. The van der Waals surface area contributed by atoms with Crippen molar-refractivity contribution in [2.24, 2.45) is 5.92 Å². The van der Waals surface area contributed by atoms with Gasteiger partial charge in [0.1, 0.15) is 0 Å². The number of nitrogens with one attached hydrogen (secondary N) is 1. The number of nitrogens with zero attached hydrogens (tertiary/aromatic N) is 1. The molecular weight excluding hydrogens is 316 g/mol. The maximum atomic E-state index is 12.5. The Hall–Kier alpha value is -1.69. The number of benzene rings is 1. The van der Waals surface area contributed by atoms with Crippen molar-refractivity contribution in [2.45, 2.75) is 38.0 Å². The summed E-state index contributed by atoms with van der Waals surface area (Å²) >= 11 is 0. The predicted octanol–water partition coefficient (Wildman–Crippen LogP) is 2.54. The molecule has 1 N–H and O–H groups in total. The lowest BCUT2D eigenvalue weighted by Gasteiger charge is -2.40. The summed E-state index contributed by atoms with van der Waals surface area (Å²) in [5.74, 6) is 0.491. The number of fused-ring (bicyclic) bond motifs is 1. The van der Waals surface area contributed by atoms with Crippen LogP contribution >= 0.6 is 0 Å². The van der Waals surface area contributed by atoms with Crippen LogP contribution in [0.15, 0.2) is 35.1 Å². The van der Waals surface area contributed by atoms with Crippen LogP contribution < -0.4 is 5.56 Å². The van der Waals surface area contributed by atoms with E-state index < -0.39 is 0 Å². The van der Waals surface area contributed by atoms with Gasteiger partial charge in [0, 0.05) is 43.2 Å². The Labute approximate surface area is 147 Å². The molecule has 0 amide bonds. The van der Waals surface area contributed by atoms with E-state index in [1.54, 1.807) is 0 Å². The molecule has 2 aliphatic rings. The number of H-pyrrole nitrogens is 1. The van der Waals surface area contributed by atoms with E-state index >= 15 is 0 Å². The van der Waals surface area contributed by atoms with Gasteiger partial charge in [-0.25, -0.2) is 0 Å². The molecule has 0 spiro atoms. The zero-order valence-electron chi connectivity index (χ0n) is 14.7. The first-order valence-electron chi connectivity index (χ1n) is 9.22. The third-order valence-corrected chi connectivity index (χ3v) is 5.78. The van der Waals surface area contributed by atoms with E-state index in [1.165, 1.54) is 12.8 Å². The van der Waals surface area contributed by atoms with Crippen molar-refractivity contribution in [3.63, 3.8) is 0 Å². The molecule has 2 fully saturated rings. The number of pyridine rings is 1. The zero-order chi connectivity index (χ0) is 17.2. The third kappa shape index (κ3) is 3.36. The minimum atomic E-state index is 0.0126. The first-order chi connectivity index (χ1) is 12.3. The first kappa shape index (κ1) is 16.8. The Bertz CT molecular complexity index is 788. The number of methoxy groups -OCH3 is 1. The van der Waals surface area contributed by atoms with E-state index in [-0.39, 0.29) is 5.56 Å². The monoisotopic (exact) mass is 342 g/mol. The molecule has 1 aliphatic carbocycles. The highest BCUT2D eigenvalue weighted by atomic mass is 16.5. The van der Waals surface area contributed by atoms with Crippen LogP contribution in [0.25, 0.3) is 10.9 Å². The number of para-hydroxylation sites is 1. The van der Waals surface area contributed by atoms with Gasteiger partial charge >= 0.3 is 0 Å². The number of morpholine rings is 1. The van der Waals surface area contributed by atoms with Crippen LogP contribution in [0.5, 0.6) is 0 Å².